The maximum atomic E-state index is 2.85. The maximum Gasteiger partial charge on any atom is -0.147 e. The SMILES string of the molecule is CCCc1ccc(-c2cccc3c2C=C(C2CCCC2)[CH]3[Hf]2([CH]3C(C4CCCC4)=Cc4c(-c5ccc(CCC)cc5)cccc43)[CH]3CCCC[CH]32)cc1.Cl.Cl. The van der Waals surface area contributed by atoms with Gasteiger partial charge in [0.1, 0.15) is 0 Å². The molecule has 4 fully saturated rings. The van der Waals surface area contributed by atoms with Crippen molar-refractivity contribution in [2.75, 3.05) is 0 Å². The molecule has 4 aromatic carbocycles. The van der Waals surface area contributed by atoms with Gasteiger partial charge in [-0.2, -0.15) is 0 Å². The molecule has 1 aliphatic heterocycles. The van der Waals surface area contributed by atoms with E-state index in [2.05, 4.69) is 111 Å². The Kier molecular flexibility index (Phi) is 11.9. The zero-order chi connectivity index (χ0) is 35.5. The van der Waals surface area contributed by atoms with Crippen LogP contribution in [0.3, 0.4) is 0 Å². The standard InChI is InChI=1S/2C23H25.C6H10.2ClH.Hf/c2*1-2-6-17-11-13-19(14-12-17)22-10-5-9-20-15-21(16-23(20)22)18-7-3-4-8-18;1-2-4-6-5-3-1;;;/h2*5,9-16,18H,2-4,6-8H2,1H3;1-2H,3-6H2;2*1H;. The fourth-order valence-corrected chi connectivity index (χ4v) is 48.8. The van der Waals surface area contributed by atoms with Crippen molar-refractivity contribution < 1.29 is 20.0 Å². The summed E-state index contributed by atoms with van der Waals surface area (Å²) in [4.78, 5) is 0. The Balaban J connectivity index is 0.00000214. The second kappa shape index (κ2) is 16.6. The van der Waals surface area contributed by atoms with Crippen molar-refractivity contribution in [3.63, 3.8) is 0 Å². The smallest absolute Gasteiger partial charge is 0.147 e. The average molecular weight is 936 g/mol. The second-order valence-corrected chi connectivity index (χ2v) is 34.8. The Morgan fingerprint density at radius 3 is 1.24 bits per heavy atom. The van der Waals surface area contributed by atoms with Gasteiger partial charge in [-0.25, -0.2) is 0 Å². The topological polar surface area (TPSA) is 0 Å². The van der Waals surface area contributed by atoms with E-state index in [4.69, 9.17) is 0 Å². The Morgan fingerprint density at radius 1 is 0.473 bits per heavy atom. The van der Waals surface area contributed by atoms with Gasteiger partial charge in [0, 0.05) is 0 Å². The summed E-state index contributed by atoms with van der Waals surface area (Å²) in [6.07, 6.45) is 27.8. The number of allylic oxidation sites excluding steroid dienone is 2. The number of rotatable bonds is 10. The van der Waals surface area contributed by atoms with Gasteiger partial charge in [0.15, 0.2) is 0 Å². The zero-order valence-electron chi connectivity index (χ0n) is 33.3. The molecule has 10 rings (SSSR count). The van der Waals surface area contributed by atoms with E-state index in [0.29, 0.717) is 0 Å². The van der Waals surface area contributed by atoms with Crippen molar-refractivity contribution in [3.05, 3.63) is 129 Å². The molecule has 6 aliphatic rings. The van der Waals surface area contributed by atoms with Crippen LogP contribution in [0.1, 0.15) is 144 Å². The van der Waals surface area contributed by atoms with E-state index in [1.54, 1.807) is 22.3 Å². The fourth-order valence-electron chi connectivity index (χ4n) is 13.2. The third-order valence-corrected chi connectivity index (χ3v) is 40.0. The van der Waals surface area contributed by atoms with Gasteiger partial charge >= 0.3 is 327 Å². The molecule has 4 aromatic rings. The van der Waals surface area contributed by atoms with E-state index >= 15 is 0 Å². The molecule has 0 nitrogen and oxygen atoms in total. The summed E-state index contributed by atoms with van der Waals surface area (Å²) in [5, 5.41) is 0. The molecule has 0 spiro atoms. The first-order valence-corrected chi connectivity index (χ1v) is 30.4. The number of hydrogen-bond acceptors (Lipinski definition) is 0. The van der Waals surface area contributed by atoms with Gasteiger partial charge in [0.2, 0.25) is 0 Å². The minimum atomic E-state index is -3.32. The van der Waals surface area contributed by atoms with Crippen LogP contribution in [0.4, 0.5) is 0 Å². The molecular formula is C52H62Cl2Hf. The minimum absolute atomic E-state index is 0. The van der Waals surface area contributed by atoms with Crippen molar-refractivity contribution in [1.82, 2.24) is 0 Å². The van der Waals surface area contributed by atoms with Crippen LogP contribution < -0.4 is 0 Å². The summed E-state index contributed by atoms with van der Waals surface area (Å²) >= 11 is -3.32. The van der Waals surface area contributed by atoms with Crippen LogP contribution in [0.15, 0.2) is 96.1 Å². The monoisotopic (exact) mass is 936 g/mol. The first-order valence-electron chi connectivity index (χ1n) is 22.1. The number of halogens is 2. The summed E-state index contributed by atoms with van der Waals surface area (Å²) in [7, 11) is 0. The van der Waals surface area contributed by atoms with E-state index in [0.717, 1.165) is 26.5 Å². The number of hydrogen-bond donors (Lipinski definition) is 0. The molecule has 4 unspecified atom stereocenters. The first-order chi connectivity index (χ1) is 26.2. The van der Waals surface area contributed by atoms with Gasteiger partial charge in [-0.05, 0) is 0 Å². The van der Waals surface area contributed by atoms with Crippen LogP contribution in [-0.4, -0.2) is 0 Å². The van der Waals surface area contributed by atoms with E-state index in [1.807, 2.05) is 11.1 Å². The normalized spacial score (nSPS) is 26.7. The van der Waals surface area contributed by atoms with Crippen LogP contribution in [-0.2, 0) is 32.8 Å². The summed E-state index contributed by atoms with van der Waals surface area (Å²) in [6, 6.07) is 34.6. The predicted molar refractivity (Wildman–Crippen MR) is 238 cm³/mol. The van der Waals surface area contributed by atoms with Gasteiger partial charge in [0.05, 0.1) is 0 Å². The van der Waals surface area contributed by atoms with Crippen molar-refractivity contribution in [2.24, 2.45) is 11.8 Å². The molecular weight excluding hydrogens is 874 g/mol. The summed E-state index contributed by atoms with van der Waals surface area (Å²) in [6.45, 7) is 4.60. The first kappa shape index (κ1) is 39.6. The van der Waals surface area contributed by atoms with Gasteiger partial charge < -0.3 is 0 Å². The third-order valence-electron chi connectivity index (χ3n) is 15.4. The van der Waals surface area contributed by atoms with Gasteiger partial charge in [-0.1, -0.05) is 0 Å². The summed E-state index contributed by atoms with van der Waals surface area (Å²) in [5.74, 6) is 1.58. The Hall–Kier alpha value is -2.19. The van der Waals surface area contributed by atoms with Crippen LogP contribution in [0.25, 0.3) is 34.4 Å². The summed E-state index contributed by atoms with van der Waals surface area (Å²) < 4.78 is 3.61. The minimum Gasteiger partial charge on any atom is -0.147 e. The zero-order valence-corrected chi connectivity index (χ0v) is 38.6. The number of fused-ring (bicyclic) bond motifs is 3. The molecule has 55 heavy (non-hydrogen) atoms. The molecule has 1 heterocycles. The molecule has 0 aromatic heterocycles. The van der Waals surface area contributed by atoms with Crippen molar-refractivity contribution in [2.45, 2.75) is 131 Å². The van der Waals surface area contributed by atoms with E-state index < -0.39 is 20.0 Å². The van der Waals surface area contributed by atoms with E-state index in [9.17, 15) is 0 Å². The number of benzene rings is 4. The molecule has 0 amide bonds. The van der Waals surface area contributed by atoms with Gasteiger partial charge in [-0.3, -0.25) is 0 Å². The van der Waals surface area contributed by atoms with Crippen molar-refractivity contribution >= 4 is 37.0 Å². The third kappa shape index (κ3) is 6.67. The Labute approximate surface area is 349 Å². The molecule has 288 valence electrons. The number of aryl methyl sites for hydroxylation is 2. The van der Waals surface area contributed by atoms with Gasteiger partial charge in [0.25, 0.3) is 0 Å². The molecule has 1 saturated heterocycles. The molecule has 5 aliphatic carbocycles. The summed E-state index contributed by atoms with van der Waals surface area (Å²) in [5.41, 5.74) is 19.5. The molecule has 3 heteroatoms. The Morgan fingerprint density at radius 2 is 0.855 bits per heavy atom. The van der Waals surface area contributed by atoms with Crippen LogP contribution in [0, 0.1) is 11.8 Å². The van der Waals surface area contributed by atoms with Crippen LogP contribution >= 0.6 is 24.8 Å². The molecule has 3 saturated carbocycles. The molecule has 0 bridgehead atoms. The molecule has 4 atom stereocenters. The quantitative estimate of drug-likeness (QED) is 0.139. The van der Waals surface area contributed by atoms with Crippen molar-refractivity contribution in [1.29, 1.82) is 0 Å². The largest absolute Gasteiger partial charge is 0.147 e. The Bertz CT molecular complexity index is 1890. The predicted octanol–water partition coefficient (Wildman–Crippen LogP) is 16.0. The van der Waals surface area contributed by atoms with E-state index in [1.165, 1.54) is 136 Å². The van der Waals surface area contributed by atoms with Crippen molar-refractivity contribution in [3.8, 4) is 22.3 Å². The fraction of sp³-hybridized carbons (Fsp3) is 0.462. The second-order valence-electron chi connectivity index (χ2n) is 18.1. The van der Waals surface area contributed by atoms with Gasteiger partial charge in [-0.15, -0.1) is 24.8 Å². The average Bonchev–Trinajstić information content (AvgIpc) is 3.87. The van der Waals surface area contributed by atoms with Crippen LogP contribution in [0.2, 0.25) is 7.35 Å². The molecule has 0 radical (unpaired) electrons. The van der Waals surface area contributed by atoms with E-state index in [-0.39, 0.29) is 24.8 Å². The maximum absolute atomic E-state index is 3.32. The van der Waals surface area contributed by atoms with Crippen LogP contribution in [0.5, 0.6) is 0 Å². The molecule has 0 N–H and O–H groups in total.